The second-order valence-electron chi connectivity index (χ2n) is 5.47. The molecule has 2 nitrogen and oxygen atoms in total. The minimum Gasteiger partial charge on any atom is -0.391 e. The molecule has 0 aromatic rings. The van der Waals surface area contributed by atoms with E-state index in [1.165, 1.54) is 19.4 Å². The fraction of sp³-hybridized carbons (Fsp3) is 1.00. The number of rotatable bonds is 0. The van der Waals surface area contributed by atoms with Gasteiger partial charge in [0.2, 0.25) is 0 Å². The molecule has 1 saturated carbocycles. The fourth-order valence-corrected chi connectivity index (χ4v) is 4.43. The molecule has 1 N–H and O–H groups in total. The predicted molar refractivity (Wildman–Crippen MR) is 51.4 cm³/mol. The van der Waals surface area contributed by atoms with Crippen LogP contribution in [0, 0.1) is 17.8 Å². The van der Waals surface area contributed by atoms with E-state index in [-0.39, 0.29) is 6.10 Å². The maximum atomic E-state index is 9.93. The molecule has 2 aliphatic heterocycles. The lowest BCUT2D eigenvalue weighted by molar-refractivity contribution is 0.122. The molecule has 0 aromatic carbocycles. The fourth-order valence-electron chi connectivity index (χ4n) is 4.43. The van der Waals surface area contributed by atoms with Gasteiger partial charge in [-0.2, -0.15) is 0 Å². The van der Waals surface area contributed by atoms with Crippen molar-refractivity contribution in [3.05, 3.63) is 0 Å². The van der Waals surface area contributed by atoms with E-state index in [9.17, 15) is 5.11 Å². The topological polar surface area (TPSA) is 23.5 Å². The molecule has 0 bridgehead atoms. The van der Waals surface area contributed by atoms with E-state index in [1.807, 2.05) is 0 Å². The molecule has 0 aromatic heterocycles. The Balaban J connectivity index is 2.02. The van der Waals surface area contributed by atoms with Crippen molar-refractivity contribution in [3.8, 4) is 0 Å². The van der Waals surface area contributed by atoms with Crippen molar-refractivity contribution in [1.29, 1.82) is 0 Å². The van der Waals surface area contributed by atoms with Gasteiger partial charge in [-0.15, -0.1) is 0 Å². The van der Waals surface area contributed by atoms with E-state index in [2.05, 4.69) is 18.7 Å². The van der Waals surface area contributed by atoms with E-state index in [4.69, 9.17) is 0 Å². The van der Waals surface area contributed by atoms with Crippen LogP contribution < -0.4 is 0 Å². The Morgan fingerprint density at radius 2 is 1.92 bits per heavy atom. The van der Waals surface area contributed by atoms with Crippen LogP contribution in [0.25, 0.3) is 0 Å². The summed E-state index contributed by atoms with van der Waals surface area (Å²) >= 11 is 0. The first-order valence-corrected chi connectivity index (χ1v) is 5.57. The van der Waals surface area contributed by atoms with Crippen molar-refractivity contribution in [2.24, 2.45) is 17.8 Å². The van der Waals surface area contributed by atoms with Gasteiger partial charge in [-0.05, 0) is 31.6 Å². The summed E-state index contributed by atoms with van der Waals surface area (Å²) in [6, 6.07) is 0. The highest BCUT2D eigenvalue weighted by Crippen LogP contribution is 2.57. The summed E-state index contributed by atoms with van der Waals surface area (Å²) in [6.45, 7) is 6.91. The van der Waals surface area contributed by atoms with Gasteiger partial charge in [0.25, 0.3) is 0 Å². The van der Waals surface area contributed by atoms with Gasteiger partial charge in [0.15, 0.2) is 0 Å². The first-order valence-electron chi connectivity index (χ1n) is 5.57. The zero-order chi connectivity index (χ0) is 9.22. The van der Waals surface area contributed by atoms with Crippen LogP contribution in [0.1, 0.15) is 26.7 Å². The van der Waals surface area contributed by atoms with Crippen LogP contribution in [0.2, 0.25) is 0 Å². The number of hydrogen-bond donors (Lipinski definition) is 1. The average molecular weight is 181 g/mol. The molecule has 0 amide bonds. The third kappa shape index (κ3) is 0.774. The summed E-state index contributed by atoms with van der Waals surface area (Å²) in [6.07, 6.45) is 2.56. The second-order valence-corrected chi connectivity index (χ2v) is 5.47. The van der Waals surface area contributed by atoms with Crippen molar-refractivity contribution in [2.45, 2.75) is 38.3 Å². The molecule has 3 aliphatic rings. The third-order valence-corrected chi connectivity index (χ3v) is 5.04. The second kappa shape index (κ2) is 2.29. The molecule has 0 spiro atoms. The van der Waals surface area contributed by atoms with Gasteiger partial charge in [0, 0.05) is 24.5 Å². The van der Waals surface area contributed by atoms with Crippen LogP contribution in [-0.2, 0) is 0 Å². The maximum absolute atomic E-state index is 9.93. The highest BCUT2D eigenvalue weighted by Gasteiger charge is 2.62. The van der Waals surface area contributed by atoms with Crippen LogP contribution in [-0.4, -0.2) is 34.7 Å². The maximum Gasteiger partial charge on any atom is 0.0713 e. The van der Waals surface area contributed by atoms with Crippen molar-refractivity contribution < 1.29 is 5.11 Å². The molecular formula is C11H19NO. The van der Waals surface area contributed by atoms with E-state index in [0.717, 1.165) is 18.4 Å². The van der Waals surface area contributed by atoms with Gasteiger partial charge in [0.05, 0.1) is 6.10 Å². The molecule has 13 heavy (non-hydrogen) atoms. The van der Waals surface area contributed by atoms with Crippen LogP contribution >= 0.6 is 0 Å². The lowest BCUT2D eigenvalue weighted by Gasteiger charge is -2.32. The first-order chi connectivity index (χ1) is 6.14. The summed E-state index contributed by atoms with van der Waals surface area (Å²) in [5.74, 6) is 2.28. The van der Waals surface area contributed by atoms with Gasteiger partial charge in [0.1, 0.15) is 0 Å². The Bertz CT molecular complexity index is 220. The summed E-state index contributed by atoms with van der Waals surface area (Å²) in [4.78, 5) is 2.55. The van der Waals surface area contributed by atoms with Gasteiger partial charge in [-0.1, -0.05) is 6.92 Å². The van der Waals surface area contributed by atoms with Crippen molar-refractivity contribution >= 4 is 0 Å². The van der Waals surface area contributed by atoms with E-state index < -0.39 is 0 Å². The largest absolute Gasteiger partial charge is 0.391 e. The van der Waals surface area contributed by atoms with Crippen molar-refractivity contribution in [1.82, 2.24) is 4.90 Å². The summed E-state index contributed by atoms with van der Waals surface area (Å²) in [5.41, 5.74) is 0.360. The van der Waals surface area contributed by atoms with Crippen LogP contribution in [0.15, 0.2) is 0 Å². The van der Waals surface area contributed by atoms with Gasteiger partial charge in [-0.3, -0.25) is 4.90 Å². The highest BCUT2D eigenvalue weighted by molar-refractivity contribution is 5.15. The van der Waals surface area contributed by atoms with Crippen LogP contribution in [0.3, 0.4) is 0 Å². The zero-order valence-corrected chi connectivity index (χ0v) is 8.53. The first kappa shape index (κ1) is 8.25. The lowest BCUT2D eigenvalue weighted by atomic mass is 9.80. The summed E-state index contributed by atoms with van der Waals surface area (Å²) in [5, 5.41) is 9.93. The minimum absolute atomic E-state index is 0.0394. The van der Waals surface area contributed by atoms with Crippen LogP contribution in [0.4, 0.5) is 0 Å². The van der Waals surface area contributed by atoms with Gasteiger partial charge >= 0.3 is 0 Å². The SMILES string of the molecule is C[C@@H]1CN2C[C@H](O)[C@H]3CC[C@@H]1[C@]32C. The van der Waals surface area contributed by atoms with E-state index in [0.29, 0.717) is 11.5 Å². The van der Waals surface area contributed by atoms with Gasteiger partial charge in [-0.25, -0.2) is 0 Å². The number of aliphatic hydroxyl groups excluding tert-OH is 1. The average Bonchev–Trinajstić information content (AvgIpc) is 2.58. The van der Waals surface area contributed by atoms with E-state index >= 15 is 0 Å². The Morgan fingerprint density at radius 1 is 1.23 bits per heavy atom. The number of β-amino-alcohol motifs (C(OH)–C–C–N with tert-alkyl or cyclic N) is 1. The number of hydrogen-bond acceptors (Lipinski definition) is 2. The molecule has 74 valence electrons. The summed E-state index contributed by atoms with van der Waals surface area (Å²) < 4.78 is 0. The molecule has 0 unspecified atom stereocenters. The molecule has 0 radical (unpaired) electrons. The smallest absolute Gasteiger partial charge is 0.0713 e. The Labute approximate surface area is 79.9 Å². The van der Waals surface area contributed by atoms with Crippen LogP contribution in [0.5, 0.6) is 0 Å². The highest BCUT2D eigenvalue weighted by atomic mass is 16.3. The van der Waals surface area contributed by atoms with E-state index in [1.54, 1.807) is 0 Å². The molecule has 2 heterocycles. The Kier molecular flexibility index (Phi) is 1.45. The normalized spacial score (nSPS) is 60.2. The molecule has 3 fully saturated rings. The molecule has 2 heteroatoms. The Morgan fingerprint density at radius 3 is 2.69 bits per heavy atom. The predicted octanol–water partition coefficient (Wildman–Crippen LogP) is 1.10. The van der Waals surface area contributed by atoms with Crippen molar-refractivity contribution in [3.63, 3.8) is 0 Å². The molecular weight excluding hydrogens is 162 g/mol. The number of nitrogens with zero attached hydrogens (tertiary/aromatic N) is 1. The molecule has 5 atom stereocenters. The minimum atomic E-state index is -0.0394. The molecule has 2 saturated heterocycles. The molecule has 1 aliphatic carbocycles. The number of aliphatic hydroxyl groups is 1. The van der Waals surface area contributed by atoms with Gasteiger partial charge < -0.3 is 5.11 Å². The quantitative estimate of drug-likeness (QED) is 0.605. The standard InChI is InChI=1S/C11H19NO/c1-7-5-12-6-10(13)9-4-3-8(7)11(9,12)2/h7-10,13H,3-6H2,1-2H3/t7-,8+,9-,10+,11-/m1/s1. The lowest BCUT2D eigenvalue weighted by Crippen LogP contribution is -2.41. The molecule has 3 rings (SSSR count). The summed E-state index contributed by atoms with van der Waals surface area (Å²) in [7, 11) is 0. The monoisotopic (exact) mass is 181 g/mol. The van der Waals surface area contributed by atoms with Crippen molar-refractivity contribution in [2.75, 3.05) is 13.1 Å². The third-order valence-electron chi connectivity index (χ3n) is 5.04. The zero-order valence-electron chi connectivity index (χ0n) is 8.53. The Hall–Kier alpha value is -0.0800.